The van der Waals surface area contributed by atoms with Gasteiger partial charge in [0.2, 0.25) is 0 Å². The molecule has 0 N–H and O–H groups in total. The summed E-state index contributed by atoms with van der Waals surface area (Å²) in [7, 11) is 2.06. The fraction of sp³-hybridized carbons (Fsp3) is 0.800. The molecule has 12 heavy (non-hydrogen) atoms. The van der Waals surface area contributed by atoms with Crippen molar-refractivity contribution in [2.75, 3.05) is 26.8 Å². The van der Waals surface area contributed by atoms with Gasteiger partial charge in [0.05, 0.1) is 6.61 Å². The number of unbranched alkanes of at least 4 members (excludes halogenated alkanes) is 1. The van der Waals surface area contributed by atoms with Gasteiger partial charge < -0.3 is 9.64 Å². The van der Waals surface area contributed by atoms with Crippen molar-refractivity contribution in [3.63, 3.8) is 0 Å². The first-order valence-electron chi connectivity index (χ1n) is 4.72. The molecule has 0 heterocycles. The van der Waals surface area contributed by atoms with Crippen molar-refractivity contribution in [2.24, 2.45) is 0 Å². The van der Waals surface area contributed by atoms with Crippen molar-refractivity contribution in [1.29, 1.82) is 0 Å². The summed E-state index contributed by atoms with van der Waals surface area (Å²) in [5, 5.41) is 0. The summed E-state index contributed by atoms with van der Waals surface area (Å²) in [6.45, 7) is 6.92. The van der Waals surface area contributed by atoms with Crippen molar-refractivity contribution in [2.45, 2.75) is 26.7 Å². The number of hydrogen-bond donors (Lipinski definition) is 0. The Bertz CT molecular complexity index is 112. The van der Waals surface area contributed by atoms with Crippen LogP contribution in [0.5, 0.6) is 0 Å². The average molecular weight is 171 g/mol. The van der Waals surface area contributed by atoms with Crippen LogP contribution < -0.4 is 0 Å². The molecule has 72 valence electrons. The van der Waals surface area contributed by atoms with Crippen LogP contribution in [0.2, 0.25) is 0 Å². The third kappa shape index (κ3) is 7.61. The fourth-order valence-corrected chi connectivity index (χ4v) is 0.886. The number of likely N-dealkylation sites (N-methyl/N-ethyl adjacent to an activating group) is 1. The lowest BCUT2D eigenvalue weighted by Crippen LogP contribution is -2.17. The van der Waals surface area contributed by atoms with E-state index in [9.17, 15) is 0 Å². The minimum Gasteiger partial charge on any atom is -0.380 e. The fourth-order valence-electron chi connectivity index (χ4n) is 0.886. The number of hydrogen-bond acceptors (Lipinski definition) is 2. The minimum atomic E-state index is 0.834. The second kappa shape index (κ2) is 8.60. The van der Waals surface area contributed by atoms with E-state index in [2.05, 4.69) is 25.1 Å². The van der Waals surface area contributed by atoms with E-state index in [1.165, 1.54) is 12.8 Å². The van der Waals surface area contributed by atoms with Gasteiger partial charge in [-0.1, -0.05) is 19.4 Å². The van der Waals surface area contributed by atoms with Gasteiger partial charge in [-0.3, -0.25) is 0 Å². The second-order valence-corrected chi connectivity index (χ2v) is 2.93. The summed E-state index contributed by atoms with van der Waals surface area (Å²) in [4.78, 5) is 2.13. The highest BCUT2D eigenvalue weighted by atomic mass is 16.5. The zero-order chi connectivity index (χ0) is 9.23. The molecule has 0 aromatic carbocycles. The number of rotatable bonds is 7. The van der Waals surface area contributed by atoms with E-state index in [-0.39, 0.29) is 0 Å². The van der Waals surface area contributed by atoms with Gasteiger partial charge in [0.15, 0.2) is 0 Å². The molecule has 2 heteroatoms. The molecule has 0 aromatic rings. The van der Waals surface area contributed by atoms with Crippen LogP contribution >= 0.6 is 0 Å². The number of allylic oxidation sites excluding steroid dienone is 1. The summed E-state index contributed by atoms with van der Waals surface area (Å²) >= 11 is 0. The van der Waals surface area contributed by atoms with Gasteiger partial charge in [-0.2, -0.15) is 0 Å². The van der Waals surface area contributed by atoms with E-state index in [1.807, 2.05) is 13.0 Å². The molecule has 0 amide bonds. The van der Waals surface area contributed by atoms with Crippen LogP contribution in [0.25, 0.3) is 0 Å². The first kappa shape index (κ1) is 11.5. The maximum atomic E-state index is 5.42. The second-order valence-electron chi connectivity index (χ2n) is 2.93. The lowest BCUT2D eigenvalue weighted by Gasteiger charge is -2.13. The molecule has 0 saturated carbocycles. The Labute approximate surface area is 76.2 Å². The molecule has 0 aromatic heterocycles. The monoisotopic (exact) mass is 171 g/mol. The van der Waals surface area contributed by atoms with Crippen molar-refractivity contribution >= 4 is 0 Å². The largest absolute Gasteiger partial charge is 0.380 e. The molecule has 0 atom stereocenters. The van der Waals surface area contributed by atoms with Gasteiger partial charge in [0.1, 0.15) is 0 Å². The quantitative estimate of drug-likeness (QED) is 0.545. The molecule has 0 unspecified atom stereocenters. The number of ether oxygens (including phenoxy) is 1. The van der Waals surface area contributed by atoms with Crippen molar-refractivity contribution in [3.8, 4) is 0 Å². The lowest BCUT2D eigenvalue weighted by atomic mass is 10.4. The molecular formula is C10H21NO. The third-order valence-electron chi connectivity index (χ3n) is 1.63. The van der Waals surface area contributed by atoms with Gasteiger partial charge in [0.25, 0.3) is 0 Å². The van der Waals surface area contributed by atoms with E-state index in [4.69, 9.17) is 4.74 Å². The van der Waals surface area contributed by atoms with Crippen LogP contribution in [0.1, 0.15) is 26.7 Å². The van der Waals surface area contributed by atoms with Gasteiger partial charge in [0, 0.05) is 20.2 Å². The zero-order valence-electron chi connectivity index (χ0n) is 8.55. The Kier molecular flexibility index (Phi) is 8.24. The summed E-state index contributed by atoms with van der Waals surface area (Å²) < 4.78 is 5.42. The summed E-state index contributed by atoms with van der Waals surface area (Å²) in [5.41, 5.74) is 0. The van der Waals surface area contributed by atoms with Crippen molar-refractivity contribution < 1.29 is 4.74 Å². The molecule has 0 fully saturated rings. The molecule has 0 bridgehead atoms. The molecule has 0 saturated heterocycles. The number of nitrogens with zero attached hydrogens (tertiary/aromatic N) is 1. The van der Waals surface area contributed by atoms with Crippen LogP contribution in [-0.4, -0.2) is 31.7 Å². The van der Waals surface area contributed by atoms with E-state index in [0.717, 1.165) is 19.8 Å². The smallest absolute Gasteiger partial charge is 0.0641 e. The molecular weight excluding hydrogens is 150 g/mol. The molecule has 0 rings (SSSR count). The van der Waals surface area contributed by atoms with Gasteiger partial charge in [-0.15, -0.1) is 0 Å². The van der Waals surface area contributed by atoms with E-state index in [1.54, 1.807) is 0 Å². The Balaban J connectivity index is 3.08. The maximum Gasteiger partial charge on any atom is 0.0641 e. The molecule has 0 spiro atoms. The topological polar surface area (TPSA) is 12.5 Å². The highest BCUT2D eigenvalue weighted by Crippen LogP contribution is 1.89. The Morgan fingerprint density at radius 2 is 2.08 bits per heavy atom. The first-order valence-corrected chi connectivity index (χ1v) is 4.72. The Hall–Kier alpha value is -0.500. The first-order chi connectivity index (χ1) is 5.81. The normalized spacial score (nSPS) is 10.9. The van der Waals surface area contributed by atoms with Crippen LogP contribution in [0.15, 0.2) is 12.3 Å². The van der Waals surface area contributed by atoms with Crippen molar-refractivity contribution in [3.05, 3.63) is 12.3 Å². The molecule has 0 radical (unpaired) electrons. The maximum absolute atomic E-state index is 5.42. The van der Waals surface area contributed by atoms with Gasteiger partial charge in [-0.25, -0.2) is 0 Å². The predicted molar refractivity (Wildman–Crippen MR) is 53.2 cm³/mol. The van der Waals surface area contributed by atoms with E-state index in [0.29, 0.717) is 0 Å². The molecule has 0 aliphatic carbocycles. The molecule has 2 nitrogen and oxygen atoms in total. The summed E-state index contributed by atoms with van der Waals surface area (Å²) in [6, 6.07) is 0. The Morgan fingerprint density at radius 1 is 1.33 bits per heavy atom. The van der Waals surface area contributed by atoms with E-state index < -0.39 is 0 Å². The summed E-state index contributed by atoms with van der Waals surface area (Å²) in [5.74, 6) is 0. The van der Waals surface area contributed by atoms with Crippen LogP contribution in [-0.2, 0) is 4.74 Å². The summed E-state index contributed by atoms with van der Waals surface area (Å²) in [6.07, 6.45) is 6.48. The minimum absolute atomic E-state index is 0.834. The zero-order valence-corrected chi connectivity index (χ0v) is 8.55. The molecule has 0 aliphatic rings. The lowest BCUT2D eigenvalue weighted by molar-refractivity contribution is 0.119. The highest BCUT2D eigenvalue weighted by Gasteiger charge is 1.90. The SMILES string of the molecule is CC=CN(C)CCOCCCC. The van der Waals surface area contributed by atoms with Gasteiger partial charge >= 0.3 is 0 Å². The predicted octanol–water partition coefficient (Wildman–Crippen LogP) is 2.27. The van der Waals surface area contributed by atoms with E-state index >= 15 is 0 Å². The standard InChI is InChI=1S/C10H21NO/c1-4-6-9-12-10-8-11(3)7-5-2/h5,7H,4,6,8-10H2,1-3H3. The van der Waals surface area contributed by atoms with Crippen LogP contribution in [0.3, 0.4) is 0 Å². The van der Waals surface area contributed by atoms with Crippen LogP contribution in [0.4, 0.5) is 0 Å². The highest BCUT2D eigenvalue weighted by molar-refractivity contribution is 4.75. The van der Waals surface area contributed by atoms with Crippen molar-refractivity contribution in [1.82, 2.24) is 4.90 Å². The van der Waals surface area contributed by atoms with Crippen LogP contribution in [0, 0.1) is 0 Å². The van der Waals surface area contributed by atoms with Gasteiger partial charge in [-0.05, 0) is 19.5 Å². The average Bonchev–Trinajstić information content (AvgIpc) is 2.05. The Morgan fingerprint density at radius 3 is 2.67 bits per heavy atom. The third-order valence-corrected chi connectivity index (χ3v) is 1.63. The molecule has 0 aliphatic heterocycles.